The maximum absolute atomic E-state index is 12.0. The normalized spacial score (nSPS) is 11.0. The summed E-state index contributed by atoms with van der Waals surface area (Å²) in [4.78, 5) is 23.3. The summed E-state index contributed by atoms with van der Waals surface area (Å²) in [5, 5.41) is 18.0. The van der Waals surface area contributed by atoms with E-state index in [-0.39, 0.29) is 10.9 Å². The van der Waals surface area contributed by atoms with Gasteiger partial charge in [-0.1, -0.05) is 18.2 Å². The molecule has 0 spiro atoms. The Balaban J connectivity index is 2.19. The predicted molar refractivity (Wildman–Crippen MR) is 99.6 cm³/mol. The number of nitrogens with one attached hydrogen (secondary N) is 1. The first-order valence-electron chi connectivity index (χ1n) is 8.13. The first-order valence-corrected chi connectivity index (χ1v) is 8.13. The average Bonchev–Trinajstić information content (AvgIpc) is 2.65. The van der Waals surface area contributed by atoms with Crippen molar-refractivity contribution in [1.82, 2.24) is 0 Å². The van der Waals surface area contributed by atoms with Crippen molar-refractivity contribution in [1.29, 1.82) is 5.41 Å². The lowest BCUT2D eigenvalue weighted by Gasteiger charge is -2.17. The number of primary amides is 1. The Bertz CT molecular complexity index is 1260. The minimum atomic E-state index is -1.07. The van der Waals surface area contributed by atoms with Gasteiger partial charge in [-0.2, -0.15) is 0 Å². The van der Waals surface area contributed by atoms with Crippen LogP contribution in [0.5, 0.6) is 0 Å². The van der Waals surface area contributed by atoms with Crippen molar-refractivity contribution in [2.45, 2.75) is 0 Å². The summed E-state index contributed by atoms with van der Waals surface area (Å²) in [7, 11) is 0. The van der Waals surface area contributed by atoms with E-state index in [9.17, 15) is 14.7 Å². The Morgan fingerprint density at radius 3 is 2.48 bits per heavy atom. The highest BCUT2D eigenvalue weighted by molar-refractivity contribution is 6.09. The first kappa shape index (κ1) is 16.5. The van der Waals surface area contributed by atoms with Gasteiger partial charge < -0.3 is 20.7 Å². The molecule has 4 N–H and O–H groups in total. The molecule has 4 rings (SSSR count). The number of carbonyl (C=O) groups excluding carboxylic acids is 1. The number of benzene rings is 3. The molecule has 2 aromatic carbocycles. The van der Waals surface area contributed by atoms with Crippen LogP contribution in [0.3, 0.4) is 0 Å². The zero-order valence-electron chi connectivity index (χ0n) is 14.0. The molecule has 1 aliphatic carbocycles. The van der Waals surface area contributed by atoms with Crippen molar-refractivity contribution >= 4 is 22.8 Å². The third-order valence-electron chi connectivity index (χ3n) is 4.43. The summed E-state index contributed by atoms with van der Waals surface area (Å²) >= 11 is 0. The maximum atomic E-state index is 12.0. The van der Waals surface area contributed by atoms with Gasteiger partial charge in [-0.15, -0.1) is 0 Å². The van der Waals surface area contributed by atoms with Gasteiger partial charge in [0.15, 0.2) is 0 Å². The van der Waals surface area contributed by atoms with Crippen LogP contribution in [-0.4, -0.2) is 17.0 Å². The van der Waals surface area contributed by atoms with E-state index in [0.29, 0.717) is 39.0 Å². The number of carboxylic acids is 1. The number of hydrogen-bond acceptors (Lipinski definition) is 4. The van der Waals surface area contributed by atoms with Crippen molar-refractivity contribution in [2.75, 3.05) is 0 Å². The Hall–Kier alpha value is -3.93. The summed E-state index contributed by atoms with van der Waals surface area (Å²) < 4.78 is 5.88. The summed E-state index contributed by atoms with van der Waals surface area (Å²) in [6, 6.07) is 16.5. The molecule has 0 radical (unpaired) electrons. The van der Waals surface area contributed by atoms with Crippen LogP contribution in [0.25, 0.3) is 33.4 Å². The van der Waals surface area contributed by atoms with E-state index in [0.717, 1.165) is 0 Å². The van der Waals surface area contributed by atoms with Crippen LogP contribution in [0.1, 0.15) is 20.7 Å². The smallest absolute Gasteiger partial charge is 0.335 e. The molecule has 0 saturated carbocycles. The number of carbonyl (C=O) groups is 2. The van der Waals surface area contributed by atoms with Crippen LogP contribution in [0.4, 0.5) is 0 Å². The molecule has 0 aromatic heterocycles. The van der Waals surface area contributed by atoms with Gasteiger partial charge in [0.05, 0.1) is 10.9 Å². The Labute approximate surface area is 153 Å². The lowest BCUT2D eigenvalue weighted by Crippen LogP contribution is -2.12. The predicted octanol–water partition coefficient (Wildman–Crippen LogP) is 3.48. The number of rotatable bonds is 3. The third kappa shape index (κ3) is 2.73. The van der Waals surface area contributed by atoms with Gasteiger partial charge in [-0.25, -0.2) is 4.79 Å². The van der Waals surface area contributed by atoms with E-state index in [1.807, 2.05) is 0 Å². The highest BCUT2D eigenvalue weighted by Gasteiger charge is 2.21. The number of hydrogen-bond donors (Lipinski definition) is 3. The molecule has 2 aliphatic rings. The van der Waals surface area contributed by atoms with Gasteiger partial charge in [0, 0.05) is 28.1 Å². The highest BCUT2D eigenvalue weighted by Crippen LogP contribution is 2.41. The number of amides is 1. The fourth-order valence-electron chi connectivity index (χ4n) is 3.23. The second-order valence-corrected chi connectivity index (χ2v) is 6.11. The summed E-state index contributed by atoms with van der Waals surface area (Å²) in [6.07, 6.45) is 0. The lowest BCUT2D eigenvalue weighted by atomic mass is 9.90. The quantitative estimate of drug-likeness (QED) is 0.486. The molecule has 0 atom stereocenters. The monoisotopic (exact) mass is 358 g/mol. The first-order chi connectivity index (χ1) is 13.0. The third-order valence-corrected chi connectivity index (χ3v) is 4.43. The van der Waals surface area contributed by atoms with E-state index in [1.165, 1.54) is 12.1 Å². The molecule has 0 saturated heterocycles. The molecule has 2 aromatic rings. The highest BCUT2D eigenvalue weighted by atomic mass is 16.4. The molecular formula is C21H14N2O4. The van der Waals surface area contributed by atoms with Crippen LogP contribution in [0.2, 0.25) is 0 Å². The van der Waals surface area contributed by atoms with Gasteiger partial charge in [-0.05, 0) is 42.0 Å². The second kappa shape index (κ2) is 6.10. The zero-order valence-corrected chi connectivity index (χ0v) is 14.0. The summed E-state index contributed by atoms with van der Waals surface area (Å²) in [5.74, 6) is -1.21. The Morgan fingerprint density at radius 2 is 1.74 bits per heavy atom. The van der Waals surface area contributed by atoms with Gasteiger partial charge in [0.25, 0.3) is 0 Å². The number of nitrogens with two attached hydrogens (primary N) is 1. The largest absolute Gasteiger partial charge is 0.478 e. The molecule has 1 heterocycles. The zero-order chi connectivity index (χ0) is 19.1. The van der Waals surface area contributed by atoms with Gasteiger partial charge in [0.2, 0.25) is 5.91 Å². The minimum Gasteiger partial charge on any atom is -0.478 e. The molecular weight excluding hydrogens is 344 g/mol. The summed E-state index contributed by atoms with van der Waals surface area (Å²) in [5.41, 5.74) is 8.37. The fourth-order valence-corrected chi connectivity index (χ4v) is 3.23. The van der Waals surface area contributed by atoms with E-state index < -0.39 is 11.9 Å². The molecule has 0 fully saturated rings. The van der Waals surface area contributed by atoms with E-state index in [4.69, 9.17) is 15.6 Å². The average molecular weight is 358 g/mol. The van der Waals surface area contributed by atoms with Crippen LogP contribution < -0.4 is 11.1 Å². The van der Waals surface area contributed by atoms with Gasteiger partial charge >= 0.3 is 5.97 Å². The number of carboxylic acid groups (broad SMARTS) is 1. The molecule has 6 heteroatoms. The van der Waals surface area contributed by atoms with Gasteiger partial charge in [0.1, 0.15) is 11.3 Å². The molecule has 27 heavy (non-hydrogen) atoms. The van der Waals surface area contributed by atoms with Crippen LogP contribution >= 0.6 is 0 Å². The fraction of sp³-hybridized carbons (Fsp3) is 0. The molecule has 6 nitrogen and oxygen atoms in total. The van der Waals surface area contributed by atoms with Crippen molar-refractivity contribution in [3.8, 4) is 22.5 Å². The molecule has 0 bridgehead atoms. The second-order valence-electron chi connectivity index (χ2n) is 6.11. The van der Waals surface area contributed by atoms with E-state index in [2.05, 4.69) is 0 Å². The van der Waals surface area contributed by atoms with E-state index >= 15 is 0 Å². The number of aromatic carboxylic acids is 1. The van der Waals surface area contributed by atoms with Crippen molar-refractivity contribution in [3.63, 3.8) is 0 Å². The molecule has 1 aliphatic heterocycles. The molecule has 132 valence electrons. The van der Waals surface area contributed by atoms with Crippen LogP contribution in [0, 0.1) is 5.41 Å². The molecule has 0 unspecified atom stereocenters. The Morgan fingerprint density at radius 1 is 0.963 bits per heavy atom. The standard InChI is InChI=1S/C21H14N2O4/c22-12-6-8-16-18(10-12)27-17-9-11(21(25)26)5-7-15(17)19(16)13-3-1-2-4-14(13)20(23)24/h1-10,22H,(H2,23,24)(H,25,26). The SMILES string of the molecule is N=c1ccc2c(-c3ccccc3C(N)=O)c3ccc(C(=O)O)cc3oc-2c1. The van der Waals surface area contributed by atoms with Crippen molar-refractivity contribution in [2.24, 2.45) is 5.73 Å². The maximum Gasteiger partial charge on any atom is 0.335 e. The molecule has 1 amide bonds. The van der Waals surface area contributed by atoms with Crippen molar-refractivity contribution in [3.05, 3.63) is 77.1 Å². The van der Waals surface area contributed by atoms with Crippen LogP contribution in [-0.2, 0) is 0 Å². The number of fused-ring (bicyclic) bond motifs is 2. The van der Waals surface area contributed by atoms with Gasteiger partial charge in [-0.3, -0.25) is 4.79 Å². The van der Waals surface area contributed by atoms with Crippen LogP contribution in [0.15, 0.2) is 65.1 Å². The summed E-state index contributed by atoms with van der Waals surface area (Å²) in [6.45, 7) is 0. The lowest BCUT2D eigenvalue weighted by molar-refractivity contribution is 0.0696. The minimum absolute atomic E-state index is 0.0850. The van der Waals surface area contributed by atoms with Crippen molar-refractivity contribution < 1.29 is 19.1 Å². The topological polar surface area (TPSA) is 117 Å². The Kier molecular flexibility index (Phi) is 3.74. The van der Waals surface area contributed by atoms with E-state index in [1.54, 1.807) is 48.5 Å².